The van der Waals surface area contributed by atoms with Gasteiger partial charge in [0.05, 0.1) is 12.2 Å². The van der Waals surface area contributed by atoms with Crippen LogP contribution >= 0.6 is 24.0 Å². The standard InChI is InChI=1S/C19H34N6O.HI/c1-6-20-19(21-10-9-17(26)25-11-7-8-12-25)23(4)13-16-14-24(5)22-18(16)15(2)3;/h14-15H,6-13H2,1-5H3,(H,20,21);1H. The number of aromatic nitrogens is 2. The van der Waals surface area contributed by atoms with Crippen molar-refractivity contribution in [2.24, 2.45) is 12.0 Å². The number of nitrogens with one attached hydrogen (secondary N) is 1. The zero-order valence-corrected chi connectivity index (χ0v) is 19.7. The molecule has 0 aromatic carbocycles. The molecule has 8 heteroatoms. The van der Waals surface area contributed by atoms with Crippen LogP contribution in [-0.4, -0.2) is 64.7 Å². The number of carbonyl (C=O) groups excluding carboxylic acids is 1. The highest BCUT2D eigenvalue weighted by atomic mass is 127. The molecule has 0 aliphatic carbocycles. The van der Waals surface area contributed by atoms with E-state index in [1.54, 1.807) is 0 Å². The van der Waals surface area contributed by atoms with Gasteiger partial charge in [-0.15, -0.1) is 24.0 Å². The Balaban J connectivity index is 0.00000364. The normalized spacial score (nSPS) is 14.4. The van der Waals surface area contributed by atoms with Crippen LogP contribution in [0.1, 0.15) is 57.2 Å². The van der Waals surface area contributed by atoms with E-state index in [4.69, 9.17) is 0 Å². The van der Waals surface area contributed by atoms with Crippen LogP contribution in [0.2, 0.25) is 0 Å². The van der Waals surface area contributed by atoms with Crippen molar-refractivity contribution in [3.63, 3.8) is 0 Å². The highest BCUT2D eigenvalue weighted by Gasteiger charge is 2.18. The third-order valence-electron chi connectivity index (χ3n) is 4.63. The van der Waals surface area contributed by atoms with Gasteiger partial charge in [-0.05, 0) is 25.7 Å². The zero-order chi connectivity index (χ0) is 19.1. The van der Waals surface area contributed by atoms with Crippen LogP contribution < -0.4 is 5.32 Å². The fraction of sp³-hybridized carbons (Fsp3) is 0.737. The maximum atomic E-state index is 12.2. The lowest BCUT2D eigenvalue weighted by atomic mass is 10.1. The molecular formula is C19H35IN6O. The number of hydrogen-bond acceptors (Lipinski definition) is 3. The smallest absolute Gasteiger partial charge is 0.224 e. The number of carbonyl (C=O) groups is 1. The van der Waals surface area contributed by atoms with E-state index in [0.717, 1.165) is 50.7 Å². The number of amides is 1. The third-order valence-corrected chi connectivity index (χ3v) is 4.63. The Bertz CT molecular complexity index is 622. The first-order chi connectivity index (χ1) is 12.4. The first-order valence-corrected chi connectivity index (χ1v) is 9.72. The molecule has 1 aliphatic heterocycles. The number of nitrogens with zero attached hydrogens (tertiary/aromatic N) is 5. The highest BCUT2D eigenvalue weighted by molar-refractivity contribution is 14.0. The molecule has 27 heavy (non-hydrogen) atoms. The van der Waals surface area contributed by atoms with E-state index >= 15 is 0 Å². The van der Waals surface area contributed by atoms with E-state index in [1.165, 1.54) is 5.56 Å². The Morgan fingerprint density at radius 1 is 1.37 bits per heavy atom. The summed E-state index contributed by atoms with van der Waals surface area (Å²) in [6, 6.07) is 0. The van der Waals surface area contributed by atoms with Gasteiger partial charge in [0.15, 0.2) is 5.96 Å². The highest BCUT2D eigenvalue weighted by Crippen LogP contribution is 2.18. The summed E-state index contributed by atoms with van der Waals surface area (Å²) in [5.41, 5.74) is 2.34. The van der Waals surface area contributed by atoms with Gasteiger partial charge in [-0.1, -0.05) is 13.8 Å². The molecule has 2 rings (SSSR count). The van der Waals surface area contributed by atoms with Gasteiger partial charge in [-0.2, -0.15) is 5.10 Å². The van der Waals surface area contributed by atoms with Crippen molar-refractivity contribution in [3.05, 3.63) is 17.5 Å². The molecule has 1 fully saturated rings. The SMILES string of the molecule is CCNC(=NCCC(=O)N1CCCC1)N(C)Cc1cn(C)nc1C(C)C.I. The maximum Gasteiger partial charge on any atom is 0.224 e. The third kappa shape index (κ3) is 6.97. The van der Waals surface area contributed by atoms with Crippen LogP contribution in [-0.2, 0) is 18.4 Å². The van der Waals surface area contributed by atoms with E-state index in [1.807, 2.05) is 23.7 Å². The fourth-order valence-corrected chi connectivity index (χ4v) is 3.34. The Hall–Kier alpha value is -1.32. The van der Waals surface area contributed by atoms with Gasteiger partial charge in [0.1, 0.15) is 0 Å². The second kappa shape index (κ2) is 11.5. The number of halogens is 1. The van der Waals surface area contributed by atoms with Crippen LogP contribution in [0.25, 0.3) is 0 Å². The van der Waals surface area contributed by atoms with Gasteiger partial charge in [-0.3, -0.25) is 14.5 Å². The average molecular weight is 490 g/mol. The predicted octanol–water partition coefficient (Wildman–Crippen LogP) is 2.57. The van der Waals surface area contributed by atoms with Crippen molar-refractivity contribution in [3.8, 4) is 0 Å². The van der Waals surface area contributed by atoms with Crippen molar-refractivity contribution in [2.75, 3.05) is 33.2 Å². The number of aliphatic imine (C=N–C) groups is 1. The van der Waals surface area contributed by atoms with Gasteiger partial charge in [0.2, 0.25) is 5.91 Å². The Labute approximate surface area is 180 Å². The molecule has 1 amide bonds. The molecule has 0 saturated carbocycles. The molecule has 1 aliphatic rings. The number of likely N-dealkylation sites (tertiary alicyclic amines) is 1. The Kier molecular flexibility index (Phi) is 10.1. The van der Waals surface area contributed by atoms with Gasteiger partial charge >= 0.3 is 0 Å². The van der Waals surface area contributed by atoms with Crippen LogP contribution in [0, 0.1) is 0 Å². The van der Waals surface area contributed by atoms with E-state index in [-0.39, 0.29) is 29.9 Å². The summed E-state index contributed by atoms with van der Waals surface area (Å²) in [6.07, 6.45) is 4.81. The van der Waals surface area contributed by atoms with Crippen molar-refractivity contribution < 1.29 is 4.79 Å². The van der Waals surface area contributed by atoms with Crippen molar-refractivity contribution in [2.45, 2.75) is 52.5 Å². The topological polar surface area (TPSA) is 65.8 Å². The summed E-state index contributed by atoms with van der Waals surface area (Å²) >= 11 is 0. The maximum absolute atomic E-state index is 12.2. The largest absolute Gasteiger partial charge is 0.357 e. The fourth-order valence-electron chi connectivity index (χ4n) is 3.34. The molecule has 1 saturated heterocycles. The number of aryl methyl sites for hydroxylation is 1. The Morgan fingerprint density at radius 2 is 2.04 bits per heavy atom. The summed E-state index contributed by atoms with van der Waals surface area (Å²) < 4.78 is 1.87. The minimum Gasteiger partial charge on any atom is -0.357 e. The summed E-state index contributed by atoms with van der Waals surface area (Å²) in [5, 5.41) is 7.90. The molecule has 154 valence electrons. The number of rotatable bonds is 7. The van der Waals surface area contributed by atoms with Crippen molar-refractivity contribution >= 4 is 35.8 Å². The van der Waals surface area contributed by atoms with E-state index in [9.17, 15) is 4.79 Å². The molecule has 1 N–H and O–H groups in total. The molecule has 0 unspecified atom stereocenters. The predicted molar refractivity (Wildman–Crippen MR) is 121 cm³/mol. The van der Waals surface area contributed by atoms with Crippen molar-refractivity contribution in [1.82, 2.24) is 24.9 Å². The van der Waals surface area contributed by atoms with Crippen LogP contribution in [0.4, 0.5) is 0 Å². The van der Waals surface area contributed by atoms with E-state index in [2.05, 4.69) is 47.3 Å². The van der Waals surface area contributed by atoms with Gasteiger partial charge in [0.25, 0.3) is 0 Å². The average Bonchev–Trinajstić information content (AvgIpc) is 3.23. The lowest BCUT2D eigenvalue weighted by Crippen LogP contribution is -2.39. The van der Waals surface area contributed by atoms with Gasteiger partial charge in [0, 0.05) is 58.5 Å². The summed E-state index contributed by atoms with van der Waals surface area (Å²) in [4.78, 5) is 20.9. The summed E-state index contributed by atoms with van der Waals surface area (Å²) in [7, 11) is 3.99. The molecule has 1 aromatic heterocycles. The Morgan fingerprint density at radius 3 is 2.63 bits per heavy atom. The van der Waals surface area contributed by atoms with Gasteiger partial charge in [-0.25, -0.2) is 0 Å². The minimum absolute atomic E-state index is 0. The molecule has 0 radical (unpaired) electrons. The van der Waals surface area contributed by atoms with E-state index < -0.39 is 0 Å². The summed E-state index contributed by atoms with van der Waals surface area (Å²) in [5.74, 6) is 1.44. The number of guanidine groups is 1. The summed E-state index contributed by atoms with van der Waals surface area (Å²) in [6.45, 7) is 10.3. The first-order valence-electron chi connectivity index (χ1n) is 9.72. The molecule has 1 aromatic rings. The van der Waals surface area contributed by atoms with Crippen LogP contribution in [0.5, 0.6) is 0 Å². The van der Waals surface area contributed by atoms with Gasteiger partial charge < -0.3 is 15.1 Å². The second-order valence-corrected chi connectivity index (χ2v) is 7.30. The lowest BCUT2D eigenvalue weighted by molar-refractivity contribution is -0.129. The van der Waals surface area contributed by atoms with Crippen LogP contribution in [0.15, 0.2) is 11.2 Å². The monoisotopic (exact) mass is 490 g/mol. The minimum atomic E-state index is 0. The molecule has 0 atom stereocenters. The lowest BCUT2D eigenvalue weighted by Gasteiger charge is -2.22. The molecule has 0 bridgehead atoms. The van der Waals surface area contributed by atoms with E-state index in [0.29, 0.717) is 18.9 Å². The quantitative estimate of drug-likeness (QED) is 0.363. The molecule has 0 spiro atoms. The number of hydrogen-bond donors (Lipinski definition) is 1. The van der Waals surface area contributed by atoms with Crippen molar-refractivity contribution in [1.29, 1.82) is 0 Å². The zero-order valence-electron chi connectivity index (χ0n) is 17.4. The molecule has 2 heterocycles. The second-order valence-electron chi connectivity index (χ2n) is 7.30. The molecular weight excluding hydrogens is 455 g/mol. The van der Waals surface area contributed by atoms with Crippen LogP contribution in [0.3, 0.4) is 0 Å². The molecule has 7 nitrogen and oxygen atoms in total. The first kappa shape index (κ1) is 23.7.